The number of carbonyl (C=O) groups is 1. The van der Waals surface area contributed by atoms with Crippen LogP contribution >= 0.6 is 0 Å². The Labute approximate surface area is 140 Å². The molecule has 0 atom stereocenters. The molecule has 0 radical (unpaired) electrons. The van der Waals surface area contributed by atoms with E-state index in [2.05, 4.69) is 15.4 Å². The average Bonchev–Trinajstić information content (AvgIpc) is 3.10. The molecule has 0 saturated heterocycles. The van der Waals surface area contributed by atoms with Crippen LogP contribution in [0.3, 0.4) is 0 Å². The second-order valence-electron chi connectivity index (χ2n) is 5.10. The second-order valence-corrected chi connectivity index (χ2v) is 5.10. The minimum absolute atomic E-state index is 0.223. The summed E-state index contributed by atoms with van der Waals surface area (Å²) >= 11 is 0. The first-order valence-electron chi connectivity index (χ1n) is 7.73. The van der Waals surface area contributed by atoms with Crippen LogP contribution in [0.1, 0.15) is 22.8 Å². The molecule has 0 aliphatic rings. The maximum atomic E-state index is 12.3. The normalized spacial score (nSPS) is 10.4. The number of amides is 1. The smallest absolute Gasteiger partial charge is 0.257 e. The lowest BCUT2D eigenvalue weighted by atomic mass is 10.2. The Hall–Kier alpha value is -3.15. The lowest BCUT2D eigenvalue weighted by molar-refractivity contribution is 0.0946. The van der Waals surface area contributed by atoms with E-state index in [-0.39, 0.29) is 5.91 Å². The molecule has 24 heavy (non-hydrogen) atoms. The number of pyridine rings is 1. The van der Waals surface area contributed by atoms with Gasteiger partial charge in [-0.3, -0.25) is 4.79 Å². The van der Waals surface area contributed by atoms with Crippen molar-refractivity contribution in [1.82, 2.24) is 20.1 Å². The minimum Gasteiger partial charge on any atom is -0.477 e. The molecule has 3 rings (SSSR count). The third-order valence-electron chi connectivity index (χ3n) is 3.41. The highest BCUT2D eigenvalue weighted by Gasteiger charge is 2.13. The van der Waals surface area contributed by atoms with E-state index in [0.717, 1.165) is 11.3 Å². The molecule has 6 heteroatoms. The number of carbonyl (C=O) groups excluding carboxylic acids is 1. The lowest BCUT2D eigenvalue weighted by Crippen LogP contribution is -2.23. The van der Waals surface area contributed by atoms with Gasteiger partial charge in [0, 0.05) is 24.5 Å². The number of hydrogen-bond acceptors (Lipinski definition) is 4. The Bertz CT molecular complexity index is 815. The van der Waals surface area contributed by atoms with Crippen LogP contribution in [0.25, 0.3) is 5.69 Å². The molecule has 3 aromatic rings. The highest BCUT2D eigenvalue weighted by molar-refractivity contribution is 5.96. The van der Waals surface area contributed by atoms with E-state index in [1.54, 1.807) is 29.2 Å². The summed E-state index contributed by atoms with van der Waals surface area (Å²) < 4.78 is 7.16. The summed E-state index contributed by atoms with van der Waals surface area (Å²) in [5.74, 6) is 0.122. The van der Waals surface area contributed by atoms with Crippen molar-refractivity contribution in [3.05, 3.63) is 72.2 Å². The largest absolute Gasteiger partial charge is 0.477 e. The molecule has 122 valence electrons. The van der Waals surface area contributed by atoms with Crippen LogP contribution in [-0.4, -0.2) is 27.3 Å². The number of rotatable bonds is 6. The maximum absolute atomic E-state index is 12.3. The summed E-state index contributed by atoms with van der Waals surface area (Å²) in [5, 5.41) is 7.18. The number of para-hydroxylation sites is 1. The summed E-state index contributed by atoms with van der Waals surface area (Å²) in [7, 11) is 0. The zero-order valence-corrected chi connectivity index (χ0v) is 13.3. The molecule has 6 nitrogen and oxygen atoms in total. The van der Waals surface area contributed by atoms with Crippen molar-refractivity contribution in [2.75, 3.05) is 6.61 Å². The van der Waals surface area contributed by atoms with Gasteiger partial charge in [-0.2, -0.15) is 5.10 Å². The second kappa shape index (κ2) is 7.41. The minimum atomic E-state index is -0.223. The van der Waals surface area contributed by atoms with E-state index >= 15 is 0 Å². The quantitative estimate of drug-likeness (QED) is 0.757. The molecule has 0 unspecified atom stereocenters. The molecular weight excluding hydrogens is 304 g/mol. The molecular formula is C18H18N4O2. The molecule has 0 spiro atoms. The van der Waals surface area contributed by atoms with Gasteiger partial charge in [-0.1, -0.05) is 18.2 Å². The van der Waals surface area contributed by atoms with E-state index in [9.17, 15) is 4.79 Å². The maximum Gasteiger partial charge on any atom is 0.257 e. The Morgan fingerprint density at radius 1 is 1.21 bits per heavy atom. The first kappa shape index (κ1) is 15.7. The van der Waals surface area contributed by atoms with Crippen molar-refractivity contribution < 1.29 is 9.53 Å². The average molecular weight is 322 g/mol. The predicted molar refractivity (Wildman–Crippen MR) is 90.1 cm³/mol. The van der Waals surface area contributed by atoms with Crippen molar-refractivity contribution in [3.63, 3.8) is 0 Å². The van der Waals surface area contributed by atoms with Crippen molar-refractivity contribution >= 4 is 5.91 Å². The molecule has 0 aliphatic heterocycles. The van der Waals surface area contributed by atoms with Gasteiger partial charge in [-0.05, 0) is 31.2 Å². The Morgan fingerprint density at radius 3 is 2.83 bits per heavy atom. The standard InChI is InChI=1S/C18H18N4O2/c1-2-24-18-16(9-6-10-19-18)17(23)20-11-14-12-21-22(13-14)15-7-4-3-5-8-15/h3-10,12-13H,2,11H2,1H3,(H,20,23). The van der Waals surface area contributed by atoms with Gasteiger partial charge in [-0.15, -0.1) is 0 Å². The topological polar surface area (TPSA) is 69.0 Å². The highest BCUT2D eigenvalue weighted by Crippen LogP contribution is 2.14. The molecule has 0 aliphatic carbocycles. The molecule has 2 aromatic heterocycles. The molecule has 1 aromatic carbocycles. The monoisotopic (exact) mass is 322 g/mol. The number of ether oxygens (including phenoxy) is 1. The summed E-state index contributed by atoms with van der Waals surface area (Å²) in [6.45, 7) is 2.70. The first-order valence-corrected chi connectivity index (χ1v) is 7.73. The van der Waals surface area contributed by atoms with Gasteiger partial charge in [0.1, 0.15) is 5.56 Å². The van der Waals surface area contributed by atoms with Crippen LogP contribution < -0.4 is 10.1 Å². The number of aromatic nitrogens is 3. The van der Waals surface area contributed by atoms with Crippen LogP contribution in [0.5, 0.6) is 5.88 Å². The van der Waals surface area contributed by atoms with Gasteiger partial charge in [0.25, 0.3) is 5.91 Å². The molecule has 0 bridgehead atoms. The van der Waals surface area contributed by atoms with E-state index in [0.29, 0.717) is 24.6 Å². The molecule has 1 N–H and O–H groups in total. The fourth-order valence-electron chi connectivity index (χ4n) is 2.27. The fourth-order valence-corrected chi connectivity index (χ4v) is 2.27. The molecule has 1 amide bonds. The number of nitrogens with zero attached hydrogens (tertiary/aromatic N) is 3. The van der Waals surface area contributed by atoms with Gasteiger partial charge in [0.2, 0.25) is 5.88 Å². The van der Waals surface area contributed by atoms with Gasteiger partial charge in [0.15, 0.2) is 0 Å². The van der Waals surface area contributed by atoms with Crippen molar-refractivity contribution in [2.45, 2.75) is 13.5 Å². The zero-order chi connectivity index (χ0) is 16.8. The van der Waals surface area contributed by atoms with Crippen molar-refractivity contribution in [3.8, 4) is 11.6 Å². The van der Waals surface area contributed by atoms with E-state index in [1.165, 1.54) is 0 Å². The van der Waals surface area contributed by atoms with Crippen molar-refractivity contribution in [1.29, 1.82) is 0 Å². The van der Waals surface area contributed by atoms with Crippen LogP contribution in [-0.2, 0) is 6.54 Å². The summed E-state index contributed by atoms with van der Waals surface area (Å²) in [6, 6.07) is 13.2. The van der Waals surface area contributed by atoms with Gasteiger partial charge >= 0.3 is 0 Å². The molecule has 2 heterocycles. The van der Waals surface area contributed by atoms with Crippen LogP contribution in [0.2, 0.25) is 0 Å². The van der Waals surface area contributed by atoms with Gasteiger partial charge in [-0.25, -0.2) is 9.67 Å². The first-order chi connectivity index (χ1) is 11.8. The summed E-state index contributed by atoms with van der Waals surface area (Å²) in [5.41, 5.74) is 2.31. The number of benzene rings is 1. The van der Waals surface area contributed by atoms with E-state index < -0.39 is 0 Å². The molecule has 0 fully saturated rings. The SMILES string of the molecule is CCOc1ncccc1C(=O)NCc1cnn(-c2ccccc2)c1. The lowest BCUT2D eigenvalue weighted by Gasteiger charge is -2.08. The third-order valence-corrected chi connectivity index (χ3v) is 3.41. The Morgan fingerprint density at radius 2 is 2.04 bits per heavy atom. The molecule has 0 saturated carbocycles. The highest BCUT2D eigenvalue weighted by atomic mass is 16.5. The van der Waals surface area contributed by atoms with Gasteiger partial charge in [0.05, 0.1) is 18.5 Å². The van der Waals surface area contributed by atoms with Crippen LogP contribution in [0.15, 0.2) is 61.1 Å². The number of nitrogens with one attached hydrogen (secondary N) is 1. The Kier molecular flexibility index (Phi) is 4.86. The van der Waals surface area contributed by atoms with E-state index in [1.807, 2.05) is 43.5 Å². The third kappa shape index (κ3) is 3.60. The number of hydrogen-bond donors (Lipinski definition) is 1. The fraction of sp³-hybridized carbons (Fsp3) is 0.167. The summed E-state index contributed by atoms with van der Waals surface area (Å²) in [6.07, 6.45) is 5.23. The van der Waals surface area contributed by atoms with Gasteiger partial charge < -0.3 is 10.1 Å². The van der Waals surface area contributed by atoms with Crippen LogP contribution in [0, 0.1) is 0 Å². The predicted octanol–water partition coefficient (Wildman–Crippen LogP) is 2.60. The summed E-state index contributed by atoms with van der Waals surface area (Å²) in [4.78, 5) is 16.4. The Balaban J connectivity index is 1.66. The van der Waals surface area contributed by atoms with Crippen LogP contribution in [0.4, 0.5) is 0 Å². The van der Waals surface area contributed by atoms with E-state index in [4.69, 9.17) is 4.74 Å². The zero-order valence-electron chi connectivity index (χ0n) is 13.3. The van der Waals surface area contributed by atoms with Crippen molar-refractivity contribution in [2.24, 2.45) is 0 Å².